The molecule has 0 N–H and O–H groups in total. The van der Waals surface area contributed by atoms with Crippen LogP contribution in [0.15, 0.2) is 52.3 Å². The largest absolute Gasteiger partial charge is 0.462 e. The maximum absolute atomic E-state index is 11.7. The highest BCUT2D eigenvalue weighted by Gasteiger charge is 2.10. The van der Waals surface area contributed by atoms with E-state index in [0.29, 0.717) is 12.2 Å². The van der Waals surface area contributed by atoms with Crippen molar-refractivity contribution in [1.29, 1.82) is 0 Å². The SMILES string of the molecule is CCOC(=O)c1ccc(Sc2ccc(I)cc2)cc1C. The monoisotopic (exact) mass is 398 g/mol. The first-order chi connectivity index (χ1) is 9.60. The van der Waals surface area contributed by atoms with Gasteiger partial charge in [-0.05, 0) is 84.5 Å². The highest BCUT2D eigenvalue weighted by molar-refractivity contribution is 14.1. The third-order valence-electron chi connectivity index (χ3n) is 2.74. The van der Waals surface area contributed by atoms with E-state index in [1.54, 1.807) is 11.8 Å². The molecule has 2 aromatic rings. The van der Waals surface area contributed by atoms with Crippen LogP contribution in [0.1, 0.15) is 22.8 Å². The zero-order valence-electron chi connectivity index (χ0n) is 11.4. The summed E-state index contributed by atoms with van der Waals surface area (Å²) in [4.78, 5) is 14.1. The average molecular weight is 398 g/mol. The van der Waals surface area contributed by atoms with E-state index in [1.807, 2.05) is 32.0 Å². The first-order valence-electron chi connectivity index (χ1n) is 6.31. The van der Waals surface area contributed by atoms with Crippen LogP contribution < -0.4 is 0 Å². The van der Waals surface area contributed by atoms with Gasteiger partial charge in [0.1, 0.15) is 0 Å². The minimum absolute atomic E-state index is 0.254. The second-order valence-electron chi connectivity index (χ2n) is 4.25. The Bertz CT molecular complexity index is 608. The van der Waals surface area contributed by atoms with Gasteiger partial charge < -0.3 is 4.74 Å². The first kappa shape index (κ1) is 15.4. The molecule has 0 aliphatic heterocycles. The van der Waals surface area contributed by atoms with Crippen molar-refractivity contribution < 1.29 is 9.53 Å². The van der Waals surface area contributed by atoms with Crippen molar-refractivity contribution in [2.45, 2.75) is 23.6 Å². The number of carbonyl (C=O) groups excluding carboxylic acids is 1. The van der Waals surface area contributed by atoms with Crippen molar-refractivity contribution in [1.82, 2.24) is 0 Å². The number of halogens is 1. The van der Waals surface area contributed by atoms with Gasteiger partial charge in [0.2, 0.25) is 0 Å². The molecule has 0 atom stereocenters. The molecule has 2 rings (SSSR count). The summed E-state index contributed by atoms with van der Waals surface area (Å²) < 4.78 is 6.26. The van der Waals surface area contributed by atoms with Gasteiger partial charge >= 0.3 is 5.97 Å². The van der Waals surface area contributed by atoms with Crippen LogP contribution in [0.4, 0.5) is 0 Å². The van der Waals surface area contributed by atoms with Crippen molar-refractivity contribution in [3.8, 4) is 0 Å². The van der Waals surface area contributed by atoms with Crippen LogP contribution in [0.5, 0.6) is 0 Å². The number of hydrogen-bond donors (Lipinski definition) is 0. The Morgan fingerprint density at radius 2 is 1.80 bits per heavy atom. The molecule has 0 aromatic heterocycles. The number of benzene rings is 2. The van der Waals surface area contributed by atoms with E-state index in [9.17, 15) is 4.79 Å². The molecule has 4 heteroatoms. The summed E-state index contributed by atoms with van der Waals surface area (Å²) in [7, 11) is 0. The van der Waals surface area contributed by atoms with Gasteiger partial charge in [-0.15, -0.1) is 0 Å². The van der Waals surface area contributed by atoms with Gasteiger partial charge in [-0.1, -0.05) is 11.8 Å². The lowest BCUT2D eigenvalue weighted by Gasteiger charge is -2.08. The van der Waals surface area contributed by atoms with E-state index in [2.05, 4.69) is 46.9 Å². The molecule has 2 aromatic carbocycles. The predicted molar refractivity (Wildman–Crippen MR) is 90.4 cm³/mol. The standard InChI is InChI=1S/C16H15IO2S/c1-3-19-16(18)15-9-8-14(10-11(15)2)20-13-6-4-12(17)5-7-13/h4-10H,3H2,1-2H3. The maximum Gasteiger partial charge on any atom is 0.338 e. The summed E-state index contributed by atoms with van der Waals surface area (Å²) in [5.74, 6) is -0.254. The van der Waals surface area contributed by atoms with E-state index in [1.165, 1.54) is 8.47 Å². The minimum Gasteiger partial charge on any atom is -0.462 e. The number of rotatable bonds is 4. The zero-order chi connectivity index (χ0) is 14.5. The van der Waals surface area contributed by atoms with E-state index in [4.69, 9.17) is 4.74 Å². The molecule has 0 aliphatic carbocycles. The molecule has 0 amide bonds. The fourth-order valence-corrected chi connectivity index (χ4v) is 3.05. The van der Waals surface area contributed by atoms with Crippen molar-refractivity contribution in [2.24, 2.45) is 0 Å². The van der Waals surface area contributed by atoms with E-state index in [0.717, 1.165) is 10.5 Å². The maximum atomic E-state index is 11.7. The molecular formula is C16H15IO2S. The molecule has 0 heterocycles. The van der Waals surface area contributed by atoms with Crippen molar-refractivity contribution in [3.63, 3.8) is 0 Å². The van der Waals surface area contributed by atoms with Gasteiger partial charge in [0, 0.05) is 13.4 Å². The Kier molecular flexibility index (Phi) is 5.48. The number of esters is 1. The number of aryl methyl sites for hydroxylation is 1. The van der Waals surface area contributed by atoms with Gasteiger partial charge in [0.15, 0.2) is 0 Å². The Morgan fingerprint density at radius 1 is 1.15 bits per heavy atom. The summed E-state index contributed by atoms with van der Waals surface area (Å²) in [6.45, 7) is 4.15. The van der Waals surface area contributed by atoms with Crippen molar-refractivity contribution >= 4 is 40.3 Å². The van der Waals surface area contributed by atoms with Gasteiger partial charge in [-0.25, -0.2) is 4.79 Å². The third-order valence-corrected chi connectivity index (χ3v) is 4.46. The van der Waals surface area contributed by atoms with Crippen LogP contribution in [-0.4, -0.2) is 12.6 Å². The summed E-state index contributed by atoms with van der Waals surface area (Å²) in [5.41, 5.74) is 1.58. The molecule has 0 aliphatic rings. The molecule has 20 heavy (non-hydrogen) atoms. The fourth-order valence-electron chi connectivity index (χ4n) is 1.78. The summed E-state index contributed by atoms with van der Waals surface area (Å²) in [6, 6.07) is 14.2. The topological polar surface area (TPSA) is 26.3 Å². The molecular weight excluding hydrogens is 383 g/mol. The van der Waals surface area contributed by atoms with E-state index >= 15 is 0 Å². The van der Waals surface area contributed by atoms with Crippen LogP contribution in [0.25, 0.3) is 0 Å². The van der Waals surface area contributed by atoms with Crippen LogP contribution in [-0.2, 0) is 4.74 Å². The molecule has 2 nitrogen and oxygen atoms in total. The normalized spacial score (nSPS) is 10.3. The molecule has 0 radical (unpaired) electrons. The van der Waals surface area contributed by atoms with Crippen LogP contribution in [0.3, 0.4) is 0 Å². The fraction of sp³-hybridized carbons (Fsp3) is 0.188. The molecule has 0 bridgehead atoms. The Labute approximate surface area is 137 Å². The van der Waals surface area contributed by atoms with E-state index in [-0.39, 0.29) is 5.97 Å². The summed E-state index contributed by atoms with van der Waals surface area (Å²) in [5, 5.41) is 0. The van der Waals surface area contributed by atoms with Gasteiger partial charge in [-0.3, -0.25) is 0 Å². The Balaban J connectivity index is 2.16. The highest BCUT2D eigenvalue weighted by atomic mass is 127. The van der Waals surface area contributed by atoms with Crippen molar-refractivity contribution in [2.75, 3.05) is 6.61 Å². The minimum atomic E-state index is -0.254. The van der Waals surface area contributed by atoms with Gasteiger partial charge in [-0.2, -0.15) is 0 Å². The molecule has 0 unspecified atom stereocenters. The smallest absolute Gasteiger partial charge is 0.338 e. The zero-order valence-corrected chi connectivity index (χ0v) is 14.3. The third kappa shape index (κ3) is 3.99. The van der Waals surface area contributed by atoms with Gasteiger partial charge in [0.25, 0.3) is 0 Å². The number of carbonyl (C=O) groups is 1. The lowest BCUT2D eigenvalue weighted by atomic mass is 10.1. The number of ether oxygens (including phenoxy) is 1. The summed E-state index contributed by atoms with van der Waals surface area (Å²) in [6.07, 6.45) is 0. The van der Waals surface area contributed by atoms with Crippen LogP contribution in [0, 0.1) is 10.5 Å². The Morgan fingerprint density at radius 3 is 2.40 bits per heavy atom. The Hall–Kier alpha value is -1.01. The first-order valence-corrected chi connectivity index (χ1v) is 8.21. The van der Waals surface area contributed by atoms with Gasteiger partial charge in [0.05, 0.1) is 12.2 Å². The molecule has 0 spiro atoms. The quantitative estimate of drug-likeness (QED) is 0.540. The van der Waals surface area contributed by atoms with Crippen molar-refractivity contribution in [3.05, 3.63) is 57.2 Å². The number of hydrogen-bond acceptors (Lipinski definition) is 3. The predicted octanol–water partition coefficient (Wildman–Crippen LogP) is 4.93. The molecule has 104 valence electrons. The second kappa shape index (κ2) is 7.13. The lowest BCUT2D eigenvalue weighted by molar-refractivity contribution is 0.0525. The lowest BCUT2D eigenvalue weighted by Crippen LogP contribution is -2.06. The van der Waals surface area contributed by atoms with Crippen LogP contribution >= 0.6 is 34.4 Å². The molecule has 0 saturated carbocycles. The second-order valence-corrected chi connectivity index (χ2v) is 6.65. The average Bonchev–Trinajstić information content (AvgIpc) is 2.42. The molecule has 0 fully saturated rings. The highest BCUT2D eigenvalue weighted by Crippen LogP contribution is 2.29. The molecule has 0 saturated heterocycles. The summed E-state index contributed by atoms with van der Waals surface area (Å²) >= 11 is 3.98. The van der Waals surface area contributed by atoms with Crippen LogP contribution in [0.2, 0.25) is 0 Å². The van der Waals surface area contributed by atoms with E-state index < -0.39 is 0 Å².